The van der Waals surface area contributed by atoms with Gasteiger partial charge in [0.25, 0.3) is 0 Å². The maximum Gasteiger partial charge on any atom is 0.165 e. The van der Waals surface area contributed by atoms with Crippen LogP contribution in [0.15, 0.2) is 0 Å². The number of carbonyl (C=O) groups is 1. The average Bonchev–Trinajstić information content (AvgIpc) is 1.98. The number of Topliss-reactive ketones (excluding diaryl/α,β-unsaturated/α-hetero) is 1. The average molecular weight is 158 g/mol. The number of ketones is 1. The number of rotatable bonds is 5. The van der Waals surface area contributed by atoms with E-state index in [1.807, 2.05) is 6.92 Å². The van der Waals surface area contributed by atoms with E-state index >= 15 is 0 Å². The lowest BCUT2D eigenvalue weighted by molar-refractivity contribution is -0.121. The zero-order valence-electron chi connectivity index (χ0n) is 7.55. The van der Waals surface area contributed by atoms with E-state index in [4.69, 9.17) is 5.73 Å². The largest absolute Gasteiger partial charge is 0.322 e. The van der Waals surface area contributed by atoms with E-state index in [0.717, 1.165) is 13.0 Å². The zero-order chi connectivity index (χ0) is 8.85. The number of hydrogen-bond donors (Lipinski definition) is 2. The van der Waals surface area contributed by atoms with Gasteiger partial charge in [-0.2, -0.15) is 0 Å². The monoisotopic (exact) mass is 158 g/mol. The third-order valence-electron chi connectivity index (χ3n) is 1.58. The van der Waals surface area contributed by atoms with Crippen LogP contribution in [-0.4, -0.2) is 24.4 Å². The molecule has 0 aliphatic rings. The molecule has 0 saturated heterocycles. The Bertz CT molecular complexity index is 123. The second-order valence-corrected chi connectivity index (χ2v) is 2.87. The molecular weight excluding hydrogens is 140 g/mol. The molecule has 66 valence electrons. The molecule has 11 heavy (non-hydrogen) atoms. The SMILES string of the molecule is CCCNC(C)C(=O)C(C)N. The fraction of sp³-hybridized carbons (Fsp3) is 0.875. The summed E-state index contributed by atoms with van der Waals surface area (Å²) in [5.74, 6) is 0.0819. The molecule has 3 N–H and O–H groups in total. The second kappa shape index (κ2) is 5.27. The van der Waals surface area contributed by atoms with E-state index in [9.17, 15) is 4.79 Å². The Hall–Kier alpha value is -0.410. The smallest absolute Gasteiger partial charge is 0.165 e. The first-order valence-electron chi connectivity index (χ1n) is 4.12. The van der Waals surface area contributed by atoms with Crippen LogP contribution in [0, 0.1) is 0 Å². The van der Waals surface area contributed by atoms with Crippen LogP contribution in [0.5, 0.6) is 0 Å². The van der Waals surface area contributed by atoms with Crippen molar-refractivity contribution in [3.8, 4) is 0 Å². The fourth-order valence-corrected chi connectivity index (χ4v) is 0.856. The molecule has 0 aliphatic heterocycles. The minimum absolute atomic E-state index is 0.0819. The minimum Gasteiger partial charge on any atom is -0.322 e. The van der Waals surface area contributed by atoms with Crippen molar-refractivity contribution < 1.29 is 4.79 Å². The summed E-state index contributed by atoms with van der Waals surface area (Å²) < 4.78 is 0. The van der Waals surface area contributed by atoms with Crippen molar-refractivity contribution in [2.75, 3.05) is 6.54 Å². The summed E-state index contributed by atoms with van der Waals surface area (Å²) in [6.07, 6.45) is 1.04. The molecule has 0 rings (SSSR count). The second-order valence-electron chi connectivity index (χ2n) is 2.87. The number of carbonyl (C=O) groups excluding carboxylic acids is 1. The van der Waals surface area contributed by atoms with Crippen molar-refractivity contribution >= 4 is 5.78 Å². The molecule has 2 atom stereocenters. The number of nitrogens with two attached hydrogens (primary N) is 1. The molecule has 0 bridgehead atoms. The van der Waals surface area contributed by atoms with E-state index in [0.29, 0.717) is 0 Å². The molecule has 3 nitrogen and oxygen atoms in total. The third-order valence-corrected chi connectivity index (χ3v) is 1.58. The number of nitrogens with one attached hydrogen (secondary N) is 1. The Kier molecular flexibility index (Phi) is 5.07. The molecule has 2 unspecified atom stereocenters. The van der Waals surface area contributed by atoms with Crippen LogP contribution >= 0.6 is 0 Å². The van der Waals surface area contributed by atoms with Gasteiger partial charge in [0.1, 0.15) is 0 Å². The molecular formula is C8H18N2O. The maximum atomic E-state index is 11.2. The van der Waals surface area contributed by atoms with Gasteiger partial charge < -0.3 is 11.1 Å². The van der Waals surface area contributed by atoms with E-state index < -0.39 is 0 Å². The standard InChI is InChI=1S/C8H18N2O/c1-4-5-10-7(3)8(11)6(2)9/h6-7,10H,4-5,9H2,1-3H3. The van der Waals surface area contributed by atoms with Gasteiger partial charge in [0.2, 0.25) is 0 Å². The van der Waals surface area contributed by atoms with Crippen molar-refractivity contribution in [1.82, 2.24) is 5.32 Å². The van der Waals surface area contributed by atoms with Crippen molar-refractivity contribution in [3.05, 3.63) is 0 Å². The van der Waals surface area contributed by atoms with Crippen molar-refractivity contribution in [2.24, 2.45) is 5.73 Å². The molecule has 0 heterocycles. The predicted molar refractivity (Wildman–Crippen MR) is 46.4 cm³/mol. The summed E-state index contributed by atoms with van der Waals surface area (Å²) in [6, 6.07) is -0.454. The van der Waals surface area contributed by atoms with Crippen LogP contribution in [0.1, 0.15) is 27.2 Å². The molecule has 0 saturated carbocycles. The molecule has 0 aromatic rings. The molecule has 0 aliphatic carbocycles. The van der Waals surface area contributed by atoms with Crippen LogP contribution in [0.3, 0.4) is 0 Å². The summed E-state index contributed by atoms with van der Waals surface area (Å²) in [5, 5.41) is 3.08. The van der Waals surface area contributed by atoms with Crippen molar-refractivity contribution in [2.45, 2.75) is 39.3 Å². The van der Waals surface area contributed by atoms with Crippen molar-refractivity contribution in [1.29, 1.82) is 0 Å². The molecule has 0 spiro atoms. The first-order valence-corrected chi connectivity index (χ1v) is 4.12. The normalized spacial score (nSPS) is 16.0. The Balaban J connectivity index is 3.64. The van der Waals surface area contributed by atoms with Gasteiger partial charge in [-0.25, -0.2) is 0 Å². The highest BCUT2D eigenvalue weighted by Gasteiger charge is 2.14. The summed E-state index contributed by atoms with van der Waals surface area (Å²) in [7, 11) is 0. The Morgan fingerprint density at radius 1 is 1.55 bits per heavy atom. The molecule has 0 aromatic heterocycles. The summed E-state index contributed by atoms with van der Waals surface area (Å²) in [6.45, 7) is 6.50. The highest BCUT2D eigenvalue weighted by atomic mass is 16.1. The van der Waals surface area contributed by atoms with Crippen LogP contribution in [0.2, 0.25) is 0 Å². The van der Waals surface area contributed by atoms with Crippen molar-refractivity contribution in [3.63, 3.8) is 0 Å². The van der Waals surface area contributed by atoms with Crippen LogP contribution in [0.25, 0.3) is 0 Å². The van der Waals surface area contributed by atoms with Gasteiger partial charge in [-0.15, -0.1) is 0 Å². The predicted octanol–water partition coefficient (Wildman–Crippen LogP) is 0.291. The molecule has 0 amide bonds. The Morgan fingerprint density at radius 2 is 2.09 bits per heavy atom. The molecule has 3 heteroatoms. The van der Waals surface area contributed by atoms with E-state index in [-0.39, 0.29) is 17.9 Å². The topological polar surface area (TPSA) is 55.1 Å². The van der Waals surface area contributed by atoms with Crippen LogP contribution < -0.4 is 11.1 Å². The van der Waals surface area contributed by atoms with Crippen LogP contribution in [-0.2, 0) is 4.79 Å². The highest BCUT2D eigenvalue weighted by Crippen LogP contribution is 1.89. The van der Waals surface area contributed by atoms with E-state index in [1.165, 1.54) is 0 Å². The molecule has 0 fully saturated rings. The lowest BCUT2D eigenvalue weighted by Gasteiger charge is -2.13. The zero-order valence-corrected chi connectivity index (χ0v) is 7.55. The van der Waals surface area contributed by atoms with E-state index in [2.05, 4.69) is 12.2 Å². The van der Waals surface area contributed by atoms with Gasteiger partial charge in [-0.1, -0.05) is 6.92 Å². The summed E-state index contributed by atoms with van der Waals surface area (Å²) in [4.78, 5) is 11.2. The van der Waals surface area contributed by atoms with Gasteiger partial charge in [0, 0.05) is 0 Å². The third kappa shape index (κ3) is 4.11. The minimum atomic E-state index is -0.352. The van der Waals surface area contributed by atoms with Crippen LogP contribution in [0.4, 0.5) is 0 Å². The lowest BCUT2D eigenvalue weighted by atomic mass is 10.1. The first-order chi connectivity index (χ1) is 5.09. The van der Waals surface area contributed by atoms with Gasteiger partial charge >= 0.3 is 0 Å². The Morgan fingerprint density at radius 3 is 2.45 bits per heavy atom. The fourth-order valence-electron chi connectivity index (χ4n) is 0.856. The quantitative estimate of drug-likeness (QED) is 0.604. The lowest BCUT2D eigenvalue weighted by Crippen LogP contribution is -2.43. The summed E-state index contributed by atoms with van der Waals surface area (Å²) >= 11 is 0. The van der Waals surface area contributed by atoms with Gasteiger partial charge in [0.05, 0.1) is 12.1 Å². The first kappa shape index (κ1) is 10.6. The van der Waals surface area contributed by atoms with Gasteiger partial charge in [-0.3, -0.25) is 4.79 Å². The van der Waals surface area contributed by atoms with Gasteiger partial charge in [-0.05, 0) is 26.8 Å². The molecule has 0 radical (unpaired) electrons. The number of hydrogen-bond acceptors (Lipinski definition) is 3. The van der Waals surface area contributed by atoms with Gasteiger partial charge in [0.15, 0.2) is 5.78 Å². The Labute approximate surface area is 68.3 Å². The highest BCUT2D eigenvalue weighted by molar-refractivity contribution is 5.88. The summed E-state index contributed by atoms with van der Waals surface area (Å²) in [5.41, 5.74) is 5.42. The maximum absolute atomic E-state index is 11.2. The molecule has 0 aromatic carbocycles. The van der Waals surface area contributed by atoms with E-state index in [1.54, 1.807) is 6.92 Å².